The molecule has 40 heavy (non-hydrogen) atoms. The summed E-state index contributed by atoms with van der Waals surface area (Å²) in [6.07, 6.45) is 5.74. The SMILES string of the molecule is N#Cc1ccc(C[C@H](C(=O)N[C@H](C(=O)NC(CCCN=C(N)N)C(N)=O)C2CCCCC2)c2ccccc2)cc1. The van der Waals surface area contributed by atoms with Gasteiger partial charge in [0.1, 0.15) is 12.1 Å². The van der Waals surface area contributed by atoms with Crippen LogP contribution in [0.5, 0.6) is 0 Å². The molecule has 0 heterocycles. The van der Waals surface area contributed by atoms with Crippen LogP contribution in [0.4, 0.5) is 0 Å². The van der Waals surface area contributed by atoms with Crippen LogP contribution < -0.4 is 27.8 Å². The minimum absolute atomic E-state index is 0.0475. The number of carbonyl (C=O) groups excluding carboxylic acids is 3. The summed E-state index contributed by atoms with van der Waals surface area (Å²) >= 11 is 0. The zero-order valence-electron chi connectivity index (χ0n) is 22.7. The van der Waals surface area contributed by atoms with Crippen molar-refractivity contribution in [2.24, 2.45) is 28.1 Å². The van der Waals surface area contributed by atoms with Crippen molar-refractivity contribution in [2.75, 3.05) is 6.54 Å². The molecule has 1 fully saturated rings. The number of aliphatic imine (C=N–C) groups is 1. The highest BCUT2D eigenvalue weighted by atomic mass is 16.2. The lowest BCUT2D eigenvalue weighted by molar-refractivity contribution is -0.133. The number of benzene rings is 2. The van der Waals surface area contributed by atoms with E-state index in [1.54, 1.807) is 12.1 Å². The van der Waals surface area contributed by atoms with Crippen LogP contribution in [0.15, 0.2) is 59.6 Å². The Hall–Kier alpha value is -4.39. The molecule has 10 heteroatoms. The van der Waals surface area contributed by atoms with Gasteiger partial charge in [-0.1, -0.05) is 61.7 Å². The molecule has 8 N–H and O–H groups in total. The van der Waals surface area contributed by atoms with Gasteiger partial charge in [0, 0.05) is 6.54 Å². The topological polar surface area (TPSA) is 189 Å². The lowest BCUT2D eigenvalue weighted by Gasteiger charge is -2.32. The second-order valence-electron chi connectivity index (χ2n) is 10.3. The third-order valence-corrected chi connectivity index (χ3v) is 7.35. The van der Waals surface area contributed by atoms with Gasteiger partial charge >= 0.3 is 0 Å². The van der Waals surface area contributed by atoms with Gasteiger partial charge in [0.05, 0.1) is 17.6 Å². The molecule has 3 amide bonds. The minimum atomic E-state index is -0.909. The van der Waals surface area contributed by atoms with Crippen LogP contribution in [-0.4, -0.2) is 42.3 Å². The third-order valence-electron chi connectivity index (χ3n) is 7.35. The quantitative estimate of drug-likeness (QED) is 0.145. The van der Waals surface area contributed by atoms with Crippen LogP contribution in [0.1, 0.15) is 67.6 Å². The van der Waals surface area contributed by atoms with Gasteiger partial charge in [-0.2, -0.15) is 5.26 Å². The summed E-state index contributed by atoms with van der Waals surface area (Å²) in [5, 5.41) is 15.0. The number of primary amides is 1. The first-order valence-corrected chi connectivity index (χ1v) is 13.8. The van der Waals surface area contributed by atoms with E-state index in [0.717, 1.165) is 43.2 Å². The van der Waals surface area contributed by atoms with Crippen molar-refractivity contribution < 1.29 is 14.4 Å². The van der Waals surface area contributed by atoms with Gasteiger partial charge in [0.25, 0.3) is 0 Å². The molecule has 1 saturated carbocycles. The van der Waals surface area contributed by atoms with Crippen molar-refractivity contribution in [3.63, 3.8) is 0 Å². The standard InChI is InChI=1S/C30H39N7O3/c31-19-21-15-13-20(14-16-21)18-24(22-8-3-1-4-9-22)28(39)37-26(23-10-5-2-6-11-23)29(40)36-25(27(32)38)12-7-17-35-30(33)34/h1,3-4,8-9,13-16,23-26H,2,5-7,10-12,17-18H2,(H2,32,38)(H,36,40)(H,37,39)(H4,33,34,35)/t24-,25?,26-/m0/s1. The van der Waals surface area contributed by atoms with Gasteiger partial charge in [-0.3, -0.25) is 19.4 Å². The summed E-state index contributed by atoms with van der Waals surface area (Å²) in [5.41, 5.74) is 18.6. The molecule has 0 saturated heterocycles. The molecular formula is C30H39N7O3. The first-order valence-electron chi connectivity index (χ1n) is 13.8. The monoisotopic (exact) mass is 545 g/mol. The van der Waals surface area contributed by atoms with E-state index >= 15 is 0 Å². The zero-order chi connectivity index (χ0) is 28.9. The molecule has 3 atom stereocenters. The number of guanidine groups is 1. The van der Waals surface area contributed by atoms with Crippen LogP contribution in [0.3, 0.4) is 0 Å². The van der Waals surface area contributed by atoms with Crippen LogP contribution in [0.25, 0.3) is 0 Å². The van der Waals surface area contributed by atoms with Crippen LogP contribution in [0, 0.1) is 17.2 Å². The molecule has 2 aromatic carbocycles. The van der Waals surface area contributed by atoms with Crippen molar-refractivity contribution in [2.45, 2.75) is 69.4 Å². The van der Waals surface area contributed by atoms with Gasteiger partial charge in [-0.15, -0.1) is 0 Å². The molecule has 0 aromatic heterocycles. The summed E-state index contributed by atoms with van der Waals surface area (Å²) in [7, 11) is 0. The Labute approximate surface area is 235 Å². The Kier molecular flexibility index (Phi) is 11.5. The van der Waals surface area contributed by atoms with Gasteiger partial charge < -0.3 is 27.8 Å². The molecule has 212 valence electrons. The Morgan fingerprint density at radius 1 is 0.925 bits per heavy atom. The molecule has 1 aliphatic carbocycles. The number of hydrogen-bond acceptors (Lipinski definition) is 5. The highest BCUT2D eigenvalue weighted by Crippen LogP contribution is 2.28. The predicted octanol–water partition coefficient (Wildman–Crippen LogP) is 1.97. The molecule has 1 aliphatic rings. The minimum Gasteiger partial charge on any atom is -0.370 e. The van der Waals surface area contributed by atoms with Crippen molar-refractivity contribution in [3.8, 4) is 6.07 Å². The lowest BCUT2D eigenvalue weighted by Crippen LogP contribution is -2.56. The maximum Gasteiger partial charge on any atom is 0.243 e. The molecule has 0 aliphatic heterocycles. The van der Waals surface area contributed by atoms with E-state index in [9.17, 15) is 14.4 Å². The Morgan fingerprint density at radius 2 is 1.60 bits per heavy atom. The van der Waals surface area contributed by atoms with E-state index in [2.05, 4.69) is 21.7 Å². The van der Waals surface area contributed by atoms with Gasteiger partial charge in [-0.05, 0) is 61.3 Å². The molecule has 0 spiro atoms. The predicted molar refractivity (Wildman–Crippen MR) is 154 cm³/mol. The van der Waals surface area contributed by atoms with Crippen LogP contribution in [0.2, 0.25) is 0 Å². The number of amides is 3. The number of nitrogens with one attached hydrogen (secondary N) is 2. The number of nitrogens with two attached hydrogens (primary N) is 3. The van der Waals surface area contributed by atoms with E-state index in [-0.39, 0.29) is 24.2 Å². The number of nitriles is 1. The summed E-state index contributed by atoms with van der Waals surface area (Å²) in [6.45, 7) is 0.304. The Bertz CT molecular complexity index is 1200. The lowest BCUT2D eigenvalue weighted by atomic mass is 9.82. The van der Waals surface area contributed by atoms with Crippen molar-refractivity contribution in [1.82, 2.24) is 10.6 Å². The number of nitrogens with zero attached hydrogens (tertiary/aromatic N) is 2. The molecule has 0 bridgehead atoms. The molecule has 2 aromatic rings. The number of hydrogen-bond donors (Lipinski definition) is 5. The Balaban J connectivity index is 1.81. The van der Waals surface area contributed by atoms with E-state index in [0.29, 0.717) is 24.9 Å². The number of carbonyl (C=O) groups is 3. The third kappa shape index (κ3) is 9.12. The van der Waals surface area contributed by atoms with Crippen molar-refractivity contribution >= 4 is 23.7 Å². The van der Waals surface area contributed by atoms with Crippen molar-refractivity contribution in [1.29, 1.82) is 5.26 Å². The average Bonchev–Trinajstić information content (AvgIpc) is 2.97. The van der Waals surface area contributed by atoms with Crippen LogP contribution in [-0.2, 0) is 20.8 Å². The fraction of sp³-hybridized carbons (Fsp3) is 0.433. The molecule has 1 unspecified atom stereocenters. The van der Waals surface area contributed by atoms with E-state index in [1.165, 1.54) is 0 Å². The van der Waals surface area contributed by atoms with Gasteiger partial charge in [-0.25, -0.2) is 0 Å². The summed E-state index contributed by atoms with van der Waals surface area (Å²) < 4.78 is 0. The molecular weight excluding hydrogens is 506 g/mol. The first-order chi connectivity index (χ1) is 19.3. The molecule has 10 nitrogen and oxygen atoms in total. The highest BCUT2D eigenvalue weighted by Gasteiger charge is 2.34. The molecule has 3 rings (SSSR count). The van der Waals surface area contributed by atoms with E-state index in [1.807, 2.05) is 42.5 Å². The maximum absolute atomic E-state index is 13.8. The molecule has 0 radical (unpaired) electrons. The normalized spacial score (nSPS) is 15.6. The maximum atomic E-state index is 13.8. The van der Waals surface area contributed by atoms with Crippen LogP contribution >= 0.6 is 0 Å². The van der Waals surface area contributed by atoms with E-state index < -0.39 is 29.8 Å². The zero-order valence-corrected chi connectivity index (χ0v) is 22.7. The average molecular weight is 546 g/mol. The first kappa shape index (κ1) is 30.2. The summed E-state index contributed by atoms with van der Waals surface area (Å²) in [4.78, 5) is 43.5. The number of rotatable bonds is 13. The highest BCUT2D eigenvalue weighted by molar-refractivity contribution is 5.93. The van der Waals surface area contributed by atoms with Crippen molar-refractivity contribution in [3.05, 3.63) is 71.3 Å². The largest absolute Gasteiger partial charge is 0.370 e. The van der Waals surface area contributed by atoms with Gasteiger partial charge in [0.15, 0.2) is 5.96 Å². The fourth-order valence-electron chi connectivity index (χ4n) is 5.17. The van der Waals surface area contributed by atoms with Gasteiger partial charge in [0.2, 0.25) is 17.7 Å². The summed E-state index contributed by atoms with van der Waals surface area (Å²) in [6, 6.07) is 16.9. The fourth-order valence-corrected chi connectivity index (χ4v) is 5.17. The summed E-state index contributed by atoms with van der Waals surface area (Å²) in [5.74, 6) is -2.01. The second-order valence-corrected chi connectivity index (χ2v) is 10.3. The Morgan fingerprint density at radius 3 is 2.20 bits per heavy atom. The second kappa shape index (κ2) is 15.3. The smallest absolute Gasteiger partial charge is 0.243 e. The van der Waals surface area contributed by atoms with E-state index in [4.69, 9.17) is 22.5 Å².